The van der Waals surface area contributed by atoms with Gasteiger partial charge in [-0.25, -0.2) is 13.7 Å². The lowest BCUT2D eigenvalue weighted by atomic mass is 10.4. The topological polar surface area (TPSA) is 200 Å². The Hall–Kier alpha value is 0.290. The molecule has 0 aromatic heterocycles. The first-order valence-electron chi connectivity index (χ1n) is 6.06. The molecule has 140 valence electrons. The van der Waals surface area contributed by atoms with Crippen LogP contribution in [0, 0.1) is 0 Å². The minimum absolute atomic E-state index is 0.0276. The van der Waals surface area contributed by atoms with Gasteiger partial charge in [0.2, 0.25) is 0 Å². The highest BCUT2D eigenvalue weighted by Gasteiger charge is 2.27. The van der Waals surface area contributed by atoms with Crippen LogP contribution in [0.15, 0.2) is 0 Å². The van der Waals surface area contributed by atoms with Crippen LogP contribution >= 0.6 is 23.5 Å². The second-order valence-electron chi connectivity index (χ2n) is 4.76. The molecule has 0 radical (unpaired) electrons. The zero-order valence-corrected chi connectivity index (χ0v) is 14.8. The Kier molecular flexibility index (Phi) is 9.23. The molecule has 16 heteroatoms. The predicted molar refractivity (Wildman–Crippen MR) is 74.8 cm³/mol. The number of rotatable bonds is 12. The SMILES string of the molecule is C[N+](CCOP(=O)(O)O)(CCOP(=O)(O)O)CCOP(=O)(O)O. The van der Waals surface area contributed by atoms with Gasteiger partial charge in [-0.1, -0.05) is 0 Å². The van der Waals surface area contributed by atoms with E-state index in [-0.39, 0.29) is 24.1 Å². The molecular weight excluding hydrogens is 383 g/mol. The Morgan fingerprint density at radius 1 is 0.652 bits per heavy atom. The Labute approximate surface area is 132 Å². The molecule has 0 fully saturated rings. The van der Waals surface area contributed by atoms with Crippen LogP contribution in [0.4, 0.5) is 0 Å². The fraction of sp³-hybridized carbons (Fsp3) is 1.00. The number of hydrogen-bond donors (Lipinski definition) is 6. The highest BCUT2D eigenvalue weighted by Crippen LogP contribution is 2.37. The van der Waals surface area contributed by atoms with Crippen LogP contribution in [0.5, 0.6) is 0 Å². The molecule has 0 amide bonds. The van der Waals surface area contributed by atoms with Gasteiger partial charge >= 0.3 is 23.5 Å². The van der Waals surface area contributed by atoms with Crippen LogP contribution in [-0.2, 0) is 27.3 Å². The third-order valence-electron chi connectivity index (χ3n) is 2.67. The van der Waals surface area contributed by atoms with Crippen molar-refractivity contribution >= 4 is 23.5 Å². The first-order valence-corrected chi connectivity index (χ1v) is 10.6. The fourth-order valence-corrected chi connectivity index (χ4v) is 2.43. The highest BCUT2D eigenvalue weighted by atomic mass is 31.2. The zero-order chi connectivity index (χ0) is 18.4. The van der Waals surface area contributed by atoms with Crippen molar-refractivity contribution in [2.24, 2.45) is 0 Å². The minimum Gasteiger partial charge on any atom is -0.320 e. The number of likely N-dealkylation sites (N-methyl/N-ethyl adjacent to an activating group) is 1. The van der Waals surface area contributed by atoms with E-state index < -0.39 is 43.3 Å². The average Bonchev–Trinajstić information content (AvgIpc) is 2.22. The van der Waals surface area contributed by atoms with E-state index in [9.17, 15) is 13.7 Å². The predicted octanol–water partition coefficient (Wildman–Crippen LogP) is -1.24. The van der Waals surface area contributed by atoms with Crippen LogP contribution in [-0.4, -0.2) is 80.3 Å². The molecule has 0 unspecified atom stereocenters. The van der Waals surface area contributed by atoms with E-state index in [0.717, 1.165) is 0 Å². The average molecular weight is 404 g/mol. The van der Waals surface area contributed by atoms with Gasteiger partial charge in [-0.3, -0.25) is 13.6 Å². The quantitative estimate of drug-likeness (QED) is 0.167. The van der Waals surface area contributed by atoms with Gasteiger partial charge in [-0.2, -0.15) is 0 Å². The smallest absolute Gasteiger partial charge is 0.320 e. The van der Waals surface area contributed by atoms with Gasteiger partial charge in [0, 0.05) is 0 Å². The molecule has 0 aliphatic heterocycles. The lowest BCUT2D eigenvalue weighted by molar-refractivity contribution is -0.909. The van der Waals surface area contributed by atoms with E-state index >= 15 is 0 Å². The summed E-state index contributed by atoms with van der Waals surface area (Å²) in [4.78, 5) is 51.6. The number of phosphoric ester groups is 3. The largest absolute Gasteiger partial charge is 0.469 e. The maximum Gasteiger partial charge on any atom is 0.469 e. The summed E-state index contributed by atoms with van der Waals surface area (Å²) in [6.45, 7) is -1.27. The van der Waals surface area contributed by atoms with Crippen LogP contribution in [0.25, 0.3) is 0 Å². The standard InChI is InChI=1S/C7H20NO12P3/c1-8(2-5-18-21(9,10)11,3-6-19-22(12,13)14)4-7-20-23(15,16)17/h2-7H2,1H3,(H5-,9,10,11,12,13,14,15,16,17)/p+1. The molecule has 13 nitrogen and oxygen atoms in total. The van der Waals surface area contributed by atoms with Crippen molar-refractivity contribution in [3.63, 3.8) is 0 Å². The van der Waals surface area contributed by atoms with Crippen molar-refractivity contribution in [1.82, 2.24) is 0 Å². The van der Waals surface area contributed by atoms with Crippen LogP contribution < -0.4 is 0 Å². The Bertz CT molecular complexity index is 424. The summed E-state index contributed by atoms with van der Waals surface area (Å²) in [5, 5.41) is 0. The summed E-state index contributed by atoms with van der Waals surface area (Å²) >= 11 is 0. The van der Waals surface area contributed by atoms with E-state index in [1.807, 2.05) is 0 Å². The lowest BCUT2D eigenvalue weighted by Gasteiger charge is -2.34. The van der Waals surface area contributed by atoms with Gasteiger partial charge in [0.1, 0.15) is 39.5 Å². The van der Waals surface area contributed by atoms with Gasteiger partial charge in [-0.15, -0.1) is 0 Å². The van der Waals surface area contributed by atoms with Gasteiger partial charge in [-0.05, 0) is 0 Å². The summed E-state index contributed by atoms with van der Waals surface area (Å²) in [6, 6.07) is 0. The van der Waals surface area contributed by atoms with Gasteiger partial charge in [0.05, 0.1) is 7.05 Å². The van der Waals surface area contributed by atoms with Crippen LogP contribution in [0.3, 0.4) is 0 Å². The molecule has 0 heterocycles. The van der Waals surface area contributed by atoms with E-state index in [2.05, 4.69) is 13.6 Å². The molecule has 0 spiro atoms. The zero-order valence-electron chi connectivity index (χ0n) is 12.2. The third-order valence-corrected chi connectivity index (χ3v) is 4.23. The highest BCUT2D eigenvalue weighted by molar-refractivity contribution is 7.46. The Balaban J connectivity index is 4.58. The van der Waals surface area contributed by atoms with Crippen molar-refractivity contribution < 1.29 is 61.1 Å². The maximum atomic E-state index is 10.6. The summed E-state index contributed by atoms with van der Waals surface area (Å²) in [6.07, 6.45) is 0. The van der Waals surface area contributed by atoms with Crippen molar-refractivity contribution in [2.75, 3.05) is 46.5 Å². The van der Waals surface area contributed by atoms with E-state index in [0.29, 0.717) is 0 Å². The van der Waals surface area contributed by atoms with E-state index in [1.165, 1.54) is 7.05 Å². The third kappa shape index (κ3) is 15.6. The fourth-order valence-electron chi connectivity index (χ4n) is 1.48. The molecule has 6 N–H and O–H groups in total. The van der Waals surface area contributed by atoms with Crippen LogP contribution in [0.1, 0.15) is 0 Å². The van der Waals surface area contributed by atoms with Crippen molar-refractivity contribution in [1.29, 1.82) is 0 Å². The molecule has 0 saturated carbocycles. The summed E-state index contributed by atoms with van der Waals surface area (Å²) in [5.41, 5.74) is 0. The second kappa shape index (κ2) is 9.12. The number of quaternary nitrogens is 1. The van der Waals surface area contributed by atoms with E-state index in [4.69, 9.17) is 29.4 Å². The Morgan fingerprint density at radius 2 is 0.870 bits per heavy atom. The molecule has 0 aliphatic rings. The maximum absolute atomic E-state index is 10.6. The molecule has 0 aromatic carbocycles. The van der Waals surface area contributed by atoms with E-state index in [1.54, 1.807) is 0 Å². The summed E-state index contributed by atoms with van der Waals surface area (Å²) in [7, 11) is -12.5. The van der Waals surface area contributed by atoms with Gasteiger partial charge < -0.3 is 33.8 Å². The molecule has 23 heavy (non-hydrogen) atoms. The normalized spacial score (nSPS) is 14.2. The molecule has 0 bridgehead atoms. The van der Waals surface area contributed by atoms with Crippen molar-refractivity contribution in [3.05, 3.63) is 0 Å². The van der Waals surface area contributed by atoms with Gasteiger partial charge in [0.25, 0.3) is 0 Å². The van der Waals surface area contributed by atoms with Crippen molar-refractivity contribution in [3.8, 4) is 0 Å². The number of hydrogen-bond acceptors (Lipinski definition) is 6. The Morgan fingerprint density at radius 3 is 1.04 bits per heavy atom. The number of phosphoric acid groups is 3. The van der Waals surface area contributed by atoms with Gasteiger partial charge in [0.15, 0.2) is 0 Å². The monoisotopic (exact) mass is 404 g/mol. The number of nitrogens with zero attached hydrogens (tertiary/aromatic N) is 1. The molecule has 0 rings (SSSR count). The van der Waals surface area contributed by atoms with Crippen LogP contribution in [0.2, 0.25) is 0 Å². The molecular formula is C7H21NO12P3+. The molecule has 0 saturated heterocycles. The molecule has 0 aliphatic carbocycles. The minimum atomic E-state index is -4.68. The first kappa shape index (κ1) is 23.3. The first-order chi connectivity index (χ1) is 10.1. The lowest BCUT2D eigenvalue weighted by Crippen LogP contribution is -2.50. The molecule has 0 atom stereocenters. The second-order valence-corrected chi connectivity index (χ2v) is 8.48. The summed E-state index contributed by atoms with van der Waals surface area (Å²) in [5.74, 6) is 0. The summed E-state index contributed by atoms with van der Waals surface area (Å²) < 4.78 is 44.6. The molecule has 0 aromatic rings. The van der Waals surface area contributed by atoms with Crippen molar-refractivity contribution in [2.45, 2.75) is 0 Å².